The highest BCUT2D eigenvalue weighted by atomic mass is 32.2. The predicted octanol–water partition coefficient (Wildman–Crippen LogP) is 1.31. The minimum absolute atomic E-state index is 0.00887. The molecule has 0 aliphatic rings. The Morgan fingerprint density at radius 1 is 1.38 bits per heavy atom. The normalized spacial score (nSPS) is 13.6. The zero-order valence-corrected chi connectivity index (χ0v) is 12.8. The van der Waals surface area contributed by atoms with Crippen molar-refractivity contribution in [3.8, 4) is 17.9 Å². The van der Waals surface area contributed by atoms with Crippen molar-refractivity contribution in [1.82, 2.24) is 4.72 Å². The second-order valence-electron chi connectivity index (χ2n) is 4.56. The summed E-state index contributed by atoms with van der Waals surface area (Å²) in [5, 5.41) is 16.3. The molecule has 1 aromatic carbocycles. The zero-order valence-electron chi connectivity index (χ0n) is 12.0. The van der Waals surface area contributed by atoms with Crippen LogP contribution in [0.3, 0.4) is 0 Å². The van der Waals surface area contributed by atoms with E-state index in [-0.39, 0.29) is 6.61 Å². The number of sulfonamides is 1. The highest BCUT2D eigenvalue weighted by Gasteiger charge is 2.22. The molecule has 2 unspecified atom stereocenters. The van der Waals surface area contributed by atoms with E-state index in [0.29, 0.717) is 6.42 Å². The molecule has 0 fully saturated rings. The fraction of sp³-hybridized carbons (Fsp3) is 0.400. The maximum atomic E-state index is 11.9. The Morgan fingerprint density at radius 2 is 2.10 bits per heavy atom. The molecule has 0 aromatic heterocycles. The minimum atomic E-state index is -3.67. The number of nitriles is 1. The quantitative estimate of drug-likeness (QED) is 0.803. The lowest BCUT2D eigenvalue weighted by Crippen LogP contribution is -2.33. The van der Waals surface area contributed by atoms with E-state index >= 15 is 0 Å². The molecule has 6 heteroatoms. The van der Waals surface area contributed by atoms with E-state index in [4.69, 9.17) is 10.4 Å². The average molecular weight is 306 g/mol. The van der Waals surface area contributed by atoms with Crippen LogP contribution in [-0.2, 0) is 10.0 Å². The first-order valence-electron chi connectivity index (χ1n) is 6.51. The number of benzene rings is 1. The van der Waals surface area contributed by atoms with Gasteiger partial charge in [-0.3, -0.25) is 0 Å². The molecule has 0 radical (unpaired) electrons. The van der Waals surface area contributed by atoms with E-state index in [9.17, 15) is 8.42 Å². The van der Waals surface area contributed by atoms with Crippen LogP contribution in [0.2, 0.25) is 0 Å². The van der Waals surface area contributed by atoms with Gasteiger partial charge in [0, 0.05) is 18.0 Å². The topological polar surface area (TPSA) is 90.2 Å². The fourth-order valence-electron chi connectivity index (χ4n) is 1.59. The second kappa shape index (κ2) is 7.80. The highest BCUT2D eigenvalue weighted by Crippen LogP contribution is 2.16. The van der Waals surface area contributed by atoms with Crippen LogP contribution in [-0.4, -0.2) is 25.4 Å². The van der Waals surface area contributed by atoms with Crippen molar-refractivity contribution in [1.29, 1.82) is 5.26 Å². The molecule has 0 aliphatic carbocycles. The van der Waals surface area contributed by atoms with Crippen LogP contribution >= 0.6 is 0 Å². The molecule has 2 atom stereocenters. The third-order valence-electron chi connectivity index (χ3n) is 2.84. The van der Waals surface area contributed by atoms with Crippen molar-refractivity contribution in [3.63, 3.8) is 0 Å². The summed E-state index contributed by atoms with van der Waals surface area (Å²) in [6, 6.07) is 8.44. The van der Waals surface area contributed by atoms with E-state index < -0.39 is 21.3 Å². The van der Waals surface area contributed by atoms with E-state index in [1.807, 2.05) is 6.07 Å². The SMILES string of the molecule is CC(NS(=O)(=O)C(C)C#N)c1cccc(C#CCCO)c1. The van der Waals surface area contributed by atoms with Crippen molar-refractivity contribution >= 4 is 10.0 Å². The van der Waals surface area contributed by atoms with Gasteiger partial charge in [-0.05, 0) is 31.5 Å². The Bertz CT molecular complexity index is 681. The first-order chi connectivity index (χ1) is 9.90. The Labute approximate surface area is 125 Å². The summed E-state index contributed by atoms with van der Waals surface area (Å²) >= 11 is 0. The van der Waals surface area contributed by atoms with Gasteiger partial charge in [-0.1, -0.05) is 24.0 Å². The van der Waals surface area contributed by atoms with Crippen molar-refractivity contribution in [2.45, 2.75) is 31.6 Å². The number of hydrogen-bond acceptors (Lipinski definition) is 4. The van der Waals surface area contributed by atoms with Gasteiger partial charge >= 0.3 is 0 Å². The molecule has 0 spiro atoms. The van der Waals surface area contributed by atoms with Gasteiger partial charge in [-0.15, -0.1) is 0 Å². The number of aliphatic hydroxyl groups is 1. The number of hydrogen-bond donors (Lipinski definition) is 2. The smallest absolute Gasteiger partial charge is 0.228 e. The van der Waals surface area contributed by atoms with E-state index in [2.05, 4.69) is 16.6 Å². The number of nitrogens with zero attached hydrogens (tertiary/aromatic N) is 1. The van der Waals surface area contributed by atoms with Crippen molar-refractivity contribution < 1.29 is 13.5 Å². The number of rotatable bonds is 5. The first kappa shape index (κ1) is 17.2. The standard InChI is InChI=1S/C15H18N2O3S/c1-12(11-16)21(19,20)17-13(2)15-8-5-7-14(10-15)6-3-4-9-18/h5,7-8,10,12-13,17-18H,4,9H2,1-2H3. The van der Waals surface area contributed by atoms with Crippen molar-refractivity contribution in [2.24, 2.45) is 0 Å². The number of aliphatic hydroxyl groups excluding tert-OH is 1. The van der Waals surface area contributed by atoms with Crippen molar-refractivity contribution in [3.05, 3.63) is 35.4 Å². The van der Waals surface area contributed by atoms with Crippen LogP contribution in [0.5, 0.6) is 0 Å². The van der Waals surface area contributed by atoms with Crippen molar-refractivity contribution in [2.75, 3.05) is 6.61 Å². The summed E-state index contributed by atoms with van der Waals surface area (Å²) in [6.07, 6.45) is 0.395. The molecule has 0 aliphatic heterocycles. The van der Waals surface area contributed by atoms with E-state index in [0.717, 1.165) is 11.1 Å². The molecule has 112 valence electrons. The van der Waals surface area contributed by atoms with Crippen LogP contribution in [0.1, 0.15) is 37.4 Å². The summed E-state index contributed by atoms with van der Waals surface area (Å²) in [5.74, 6) is 5.71. The summed E-state index contributed by atoms with van der Waals surface area (Å²) in [4.78, 5) is 0. The monoisotopic (exact) mass is 306 g/mol. The molecule has 0 amide bonds. The molecule has 0 saturated heterocycles. The summed E-state index contributed by atoms with van der Waals surface area (Å²) < 4.78 is 26.2. The molecule has 0 saturated carbocycles. The molecule has 0 heterocycles. The van der Waals surface area contributed by atoms with Gasteiger partial charge in [0.15, 0.2) is 5.25 Å². The van der Waals surface area contributed by atoms with Crippen LogP contribution in [0.4, 0.5) is 0 Å². The van der Waals surface area contributed by atoms with Crippen LogP contribution < -0.4 is 4.72 Å². The van der Waals surface area contributed by atoms with Gasteiger partial charge in [0.25, 0.3) is 0 Å². The lowest BCUT2D eigenvalue weighted by Gasteiger charge is -2.15. The van der Waals surface area contributed by atoms with Crippen LogP contribution in [0.15, 0.2) is 24.3 Å². The predicted molar refractivity (Wildman–Crippen MR) is 80.6 cm³/mol. The third-order valence-corrected chi connectivity index (χ3v) is 4.56. The van der Waals surface area contributed by atoms with Gasteiger partial charge in [0.05, 0.1) is 12.7 Å². The van der Waals surface area contributed by atoms with Gasteiger partial charge in [-0.25, -0.2) is 13.1 Å². The molecule has 5 nitrogen and oxygen atoms in total. The van der Waals surface area contributed by atoms with E-state index in [1.54, 1.807) is 31.2 Å². The molecule has 1 rings (SSSR count). The fourth-order valence-corrected chi connectivity index (χ4v) is 2.56. The summed E-state index contributed by atoms with van der Waals surface area (Å²) in [7, 11) is -3.67. The molecule has 0 bridgehead atoms. The summed E-state index contributed by atoms with van der Waals surface area (Å²) in [6.45, 7) is 3.06. The zero-order chi connectivity index (χ0) is 15.9. The van der Waals surface area contributed by atoms with Gasteiger partial charge < -0.3 is 5.11 Å². The molecule has 21 heavy (non-hydrogen) atoms. The van der Waals surface area contributed by atoms with E-state index in [1.165, 1.54) is 6.92 Å². The molecule has 1 aromatic rings. The minimum Gasteiger partial charge on any atom is -0.395 e. The maximum absolute atomic E-state index is 11.9. The Kier molecular flexibility index (Phi) is 6.39. The second-order valence-corrected chi connectivity index (χ2v) is 6.59. The average Bonchev–Trinajstić information content (AvgIpc) is 2.46. The lowest BCUT2D eigenvalue weighted by atomic mass is 10.1. The van der Waals surface area contributed by atoms with Crippen LogP contribution in [0, 0.1) is 23.2 Å². The third kappa shape index (κ3) is 5.20. The Balaban J connectivity index is 2.90. The molecule has 2 N–H and O–H groups in total. The first-order valence-corrected chi connectivity index (χ1v) is 8.05. The van der Waals surface area contributed by atoms with Gasteiger partial charge in [-0.2, -0.15) is 5.26 Å². The Morgan fingerprint density at radius 3 is 2.71 bits per heavy atom. The van der Waals surface area contributed by atoms with Gasteiger partial charge in [0.1, 0.15) is 0 Å². The van der Waals surface area contributed by atoms with Gasteiger partial charge in [0.2, 0.25) is 10.0 Å². The maximum Gasteiger partial charge on any atom is 0.228 e. The van der Waals surface area contributed by atoms with Crippen LogP contribution in [0.25, 0.3) is 0 Å². The largest absolute Gasteiger partial charge is 0.395 e. The Hall–Kier alpha value is -1.86. The summed E-state index contributed by atoms with van der Waals surface area (Å²) in [5.41, 5.74) is 1.51. The highest BCUT2D eigenvalue weighted by molar-refractivity contribution is 7.90. The molecular formula is C15H18N2O3S. The lowest BCUT2D eigenvalue weighted by molar-refractivity contribution is 0.305. The number of nitrogens with one attached hydrogen (secondary N) is 1. The molecular weight excluding hydrogens is 288 g/mol.